The van der Waals surface area contributed by atoms with Gasteiger partial charge >= 0.3 is 5.97 Å². The third-order valence-corrected chi connectivity index (χ3v) is 2.11. The van der Waals surface area contributed by atoms with Crippen LogP contribution in [0.5, 0.6) is 0 Å². The maximum Gasteiger partial charge on any atom is 0.309 e. The van der Waals surface area contributed by atoms with Crippen LogP contribution in [0.25, 0.3) is 0 Å². The minimum Gasteiger partial charge on any atom is -0.462 e. The summed E-state index contributed by atoms with van der Waals surface area (Å²) in [7, 11) is 0. The van der Waals surface area contributed by atoms with Gasteiger partial charge in [-0.05, 0) is 19.3 Å². The Balaban J connectivity index is 2.44. The van der Waals surface area contributed by atoms with Crippen molar-refractivity contribution in [2.24, 2.45) is 5.92 Å². The molecule has 0 saturated carbocycles. The highest BCUT2D eigenvalue weighted by Crippen LogP contribution is 2.25. The van der Waals surface area contributed by atoms with E-state index in [-0.39, 0.29) is 18.0 Å². The first-order valence-corrected chi connectivity index (χ1v) is 3.98. The maximum atomic E-state index is 11.0. The molecule has 0 bridgehead atoms. The van der Waals surface area contributed by atoms with Crippen molar-refractivity contribution in [2.75, 3.05) is 0 Å². The molecule has 10 heavy (non-hydrogen) atoms. The van der Waals surface area contributed by atoms with Crippen molar-refractivity contribution in [3.8, 4) is 0 Å². The molecular weight excluding hydrogens is 128 g/mol. The van der Waals surface area contributed by atoms with Gasteiger partial charge in [-0.1, -0.05) is 13.8 Å². The molecular formula is C8H14O2. The van der Waals surface area contributed by atoms with Gasteiger partial charge in [-0.3, -0.25) is 4.79 Å². The van der Waals surface area contributed by atoms with Gasteiger partial charge in [0.15, 0.2) is 0 Å². The standard InChI is InChI=1S/C8H14O2/c1-3-6-5-7(4-2)10-8(6)9/h6-7H,3-5H2,1-2H3. The van der Waals surface area contributed by atoms with Crippen LogP contribution in [0.15, 0.2) is 0 Å². The number of rotatable bonds is 2. The van der Waals surface area contributed by atoms with Crippen LogP contribution in [-0.2, 0) is 9.53 Å². The fourth-order valence-electron chi connectivity index (χ4n) is 1.31. The van der Waals surface area contributed by atoms with E-state index in [2.05, 4.69) is 6.92 Å². The molecule has 2 nitrogen and oxygen atoms in total. The van der Waals surface area contributed by atoms with Gasteiger partial charge in [-0.2, -0.15) is 0 Å². The zero-order chi connectivity index (χ0) is 7.56. The van der Waals surface area contributed by atoms with E-state index in [0.29, 0.717) is 0 Å². The predicted molar refractivity (Wildman–Crippen MR) is 38.6 cm³/mol. The van der Waals surface area contributed by atoms with E-state index in [4.69, 9.17) is 4.74 Å². The first kappa shape index (κ1) is 7.58. The Hall–Kier alpha value is -0.530. The number of hydrogen-bond acceptors (Lipinski definition) is 2. The minimum atomic E-state index is 0.00866. The van der Waals surface area contributed by atoms with Gasteiger partial charge in [-0.15, -0.1) is 0 Å². The SMILES string of the molecule is CCC1CC(CC)C(=O)O1. The summed E-state index contributed by atoms with van der Waals surface area (Å²) in [6.07, 6.45) is 3.03. The largest absolute Gasteiger partial charge is 0.462 e. The van der Waals surface area contributed by atoms with E-state index in [0.717, 1.165) is 19.3 Å². The Morgan fingerprint density at radius 1 is 1.50 bits per heavy atom. The van der Waals surface area contributed by atoms with Crippen LogP contribution < -0.4 is 0 Å². The highest BCUT2D eigenvalue weighted by atomic mass is 16.5. The molecule has 0 amide bonds. The fourth-order valence-corrected chi connectivity index (χ4v) is 1.31. The van der Waals surface area contributed by atoms with Gasteiger partial charge in [0.25, 0.3) is 0 Å². The summed E-state index contributed by atoms with van der Waals surface area (Å²) in [4.78, 5) is 11.0. The summed E-state index contributed by atoms with van der Waals surface area (Å²) in [5.41, 5.74) is 0. The molecule has 0 spiro atoms. The van der Waals surface area contributed by atoms with Crippen LogP contribution in [0.4, 0.5) is 0 Å². The van der Waals surface area contributed by atoms with Crippen molar-refractivity contribution >= 4 is 5.97 Å². The van der Waals surface area contributed by atoms with Gasteiger partial charge in [-0.25, -0.2) is 0 Å². The Labute approximate surface area is 61.6 Å². The van der Waals surface area contributed by atoms with Gasteiger partial charge < -0.3 is 4.74 Å². The lowest BCUT2D eigenvalue weighted by Crippen LogP contribution is -2.05. The van der Waals surface area contributed by atoms with Crippen LogP contribution in [0.1, 0.15) is 33.1 Å². The lowest BCUT2D eigenvalue weighted by atomic mass is 10.0. The van der Waals surface area contributed by atoms with Crippen LogP contribution >= 0.6 is 0 Å². The Morgan fingerprint density at radius 3 is 2.50 bits per heavy atom. The van der Waals surface area contributed by atoms with Gasteiger partial charge in [0.1, 0.15) is 6.10 Å². The summed E-state index contributed by atoms with van der Waals surface area (Å²) in [6.45, 7) is 4.08. The fraction of sp³-hybridized carbons (Fsp3) is 0.875. The average molecular weight is 142 g/mol. The molecule has 58 valence electrons. The molecule has 1 aliphatic rings. The lowest BCUT2D eigenvalue weighted by Gasteiger charge is -2.01. The number of ether oxygens (including phenoxy) is 1. The zero-order valence-corrected chi connectivity index (χ0v) is 6.59. The summed E-state index contributed by atoms with van der Waals surface area (Å²) >= 11 is 0. The first-order chi connectivity index (χ1) is 4.77. The van der Waals surface area contributed by atoms with Crippen molar-refractivity contribution in [2.45, 2.75) is 39.2 Å². The van der Waals surface area contributed by atoms with Crippen LogP contribution in [0, 0.1) is 5.92 Å². The Kier molecular flexibility index (Phi) is 2.30. The van der Waals surface area contributed by atoms with Gasteiger partial charge in [0, 0.05) is 0 Å². The quantitative estimate of drug-likeness (QED) is 0.549. The molecule has 2 heteroatoms. The number of carbonyl (C=O) groups is 1. The third-order valence-electron chi connectivity index (χ3n) is 2.11. The third kappa shape index (κ3) is 1.31. The van der Waals surface area contributed by atoms with Gasteiger partial charge in [0.2, 0.25) is 0 Å². The number of cyclic esters (lactones) is 1. The lowest BCUT2D eigenvalue weighted by molar-refractivity contribution is -0.144. The second-order valence-corrected chi connectivity index (χ2v) is 2.81. The number of carbonyl (C=O) groups excluding carboxylic acids is 1. The van der Waals surface area contributed by atoms with Gasteiger partial charge in [0.05, 0.1) is 5.92 Å². The second kappa shape index (κ2) is 3.04. The van der Waals surface area contributed by atoms with E-state index < -0.39 is 0 Å². The number of hydrogen-bond donors (Lipinski definition) is 0. The minimum absolute atomic E-state index is 0.00866. The molecule has 1 aliphatic heterocycles. The topological polar surface area (TPSA) is 26.3 Å². The Bertz CT molecular complexity index is 131. The molecule has 1 fully saturated rings. The molecule has 1 saturated heterocycles. The average Bonchev–Trinajstić information content (AvgIpc) is 2.30. The van der Waals surface area contributed by atoms with E-state index >= 15 is 0 Å². The molecule has 1 heterocycles. The van der Waals surface area contributed by atoms with Crippen LogP contribution in [0.2, 0.25) is 0 Å². The van der Waals surface area contributed by atoms with E-state index in [1.165, 1.54) is 0 Å². The zero-order valence-electron chi connectivity index (χ0n) is 6.59. The van der Waals surface area contributed by atoms with Crippen molar-refractivity contribution < 1.29 is 9.53 Å². The molecule has 2 unspecified atom stereocenters. The predicted octanol–water partition coefficient (Wildman–Crippen LogP) is 1.74. The molecule has 0 aromatic carbocycles. The molecule has 0 aromatic heterocycles. The summed E-state index contributed by atoms with van der Waals surface area (Å²) in [6, 6.07) is 0. The van der Waals surface area contributed by atoms with Crippen LogP contribution in [-0.4, -0.2) is 12.1 Å². The molecule has 0 aliphatic carbocycles. The van der Waals surface area contributed by atoms with Crippen molar-refractivity contribution in [3.63, 3.8) is 0 Å². The monoisotopic (exact) mass is 142 g/mol. The molecule has 2 atom stereocenters. The van der Waals surface area contributed by atoms with Crippen molar-refractivity contribution in [1.82, 2.24) is 0 Å². The normalized spacial score (nSPS) is 32.4. The summed E-state index contributed by atoms with van der Waals surface area (Å²) in [5.74, 6) is 0.194. The first-order valence-electron chi connectivity index (χ1n) is 3.98. The van der Waals surface area contributed by atoms with Crippen molar-refractivity contribution in [3.05, 3.63) is 0 Å². The van der Waals surface area contributed by atoms with E-state index in [9.17, 15) is 4.79 Å². The molecule has 0 radical (unpaired) electrons. The second-order valence-electron chi connectivity index (χ2n) is 2.81. The molecule has 0 aromatic rings. The number of esters is 1. The van der Waals surface area contributed by atoms with Crippen molar-refractivity contribution in [1.29, 1.82) is 0 Å². The highest BCUT2D eigenvalue weighted by molar-refractivity contribution is 5.74. The summed E-state index contributed by atoms with van der Waals surface area (Å²) in [5, 5.41) is 0. The smallest absolute Gasteiger partial charge is 0.309 e. The van der Waals surface area contributed by atoms with E-state index in [1.54, 1.807) is 0 Å². The molecule has 1 rings (SSSR count). The van der Waals surface area contributed by atoms with Crippen LogP contribution in [0.3, 0.4) is 0 Å². The maximum absolute atomic E-state index is 11.0. The highest BCUT2D eigenvalue weighted by Gasteiger charge is 2.31. The Morgan fingerprint density at radius 2 is 2.20 bits per heavy atom. The molecule has 0 N–H and O–H groups in total. The summed E-state index contributed by atoms with van der Waals surface area (Å²) < 4.78 is 5.08. The van der Waals surface area contributed by atoms with E-state index in [1.807, 2.05) is 6.92 Å².